The number of piperidine rings is 2. The quantitative estimate of drug-likeness (QED) is 0.916. The maximum Gasteiger partial charge on any atom is 0.0534 e. The highest BCUT2D eigenvalue weighted by Gasteiger charge is 2.36. The lowest BCUT2D eigenvalue weighted by atomic mass is 9.74. The smallest absolute Gasteiger partial charge is 0.0534 e. The van der Waals surface area contributed by atoms with Crippen molar-refractivity contribution in [2.45, 2.75) is 52.1 Å². The first-order valence-electron chi connectivity index (χ1n) is 8.24. The van der Waals surface area contributed by atoms with Crippen LogP contribution in [-0.4, -0.2) is 40.9 Å². The topological polar surface area (TPSA) is 33.1 Å². The molecule has 2 aliphatic rings. The Morgan fingerprint density at radius 3 is 3.05 bits per heavy atom. The number of rotatable bonds is 4. The predicted molar refractivity (Wildman–Crippen MR) is 81.6 cm³/mol. The van der Waals surface area contributed by atoms with E-state index in [1.807, 2.05) is 0 Å². The second-order valence-corrected chi connectivity index (χ2v) is 6.71. The number of aryl methyl sites for hydroxylation is 1. The van der Waals surface area contributed by atoms with Crippen molar-refractivity contribution in [1.29, 1.82) is 0 Å². The van der Waals surface area contributed by atoms with Crippen LogP contribution in [0.4, 0.5) is 0 Å². The number of hydrogen-bond donors (Lipinski definition) is 1. The Morgan fingerprint density at radius 2 is 2.25 bits per heavy atom. The first kappa shape index (κ1) is 14.1. The van der Waals surface area contributed by atoms with Gasteiger partial charge < -0.3 is 5.32 Å². The van der Waals surface area contributed by atoms with Crippen LogP contribution < -0.4 is 5.32 Å². The molecule has 0 amide bonds. The van der Waals surface area contributed by atoms with Gasteiger partial charge in [0.05, 0.1) is 6.20 Å². The van der Waals surface area contributed by atoms with Crippen LogP contribution in [0.25, 0.3) is 0 Å². The van der Waals surface area contributed by atoms with Crippen LogP contribution in [0.3, 0.4) is 0 Å². The Labute approximate surface area is 122 Å². The van der Waals surface area contributed by atoms with Gasteiger partial charge >= 0.3 is 0 Å². The summed E-state index contributed by atoms with van der Waals surface area (Å²) in [4.78, 5) is 2.64. The summed E-state index contributed by atoms with van der Waals surface area (Å²) in [6.45, 7) is 9.26. The normalized spacial score (nSPS) is 28.1. The van der Waals surface area contributed by atoms with Gasteiger partial charge in [0.1, 0.15) is 0 Å². The minimum Gasteiger partial charge on any atom is -0.316 e. The van der Waals surface area contributed by atoms with Crippen LogP contribution in [0.1, 0.15) is 44.6 Å². The van der Waals surface area contributed by atoms with Crippen molar-refractivity contribution < 1.29 is 0 Å². The number of hydrogen-bond acceptors (Lipinski definition) is 3. The third-order valence-electron chi connectivity index (χ3n) is 4.85. The van der Waals surface area contributed by atoms with E-state index in [0.717, 1.165) is 19.5 Å². The average Bonchev–Trinajstić information content (AvgIpc) is 2.87. The Morgan fingerprint density at radius 1 is 1.35 bits per heavy atom. The van der Waals surface area contributed by atoms with Gasteiger partial charge in [-0.15, -0.1) is 0 Å². The van der Waals surface area contributed by atoms with Crippen molar-refractivity contribution in [3.8, 4) is 0 Å². The predicted octanol–water partition coefficient (Wildman–Crippen LogP) is 2.26. The molecule has 3 heterocycles. The zero-order chi connectivity index (χ0) is 13.8. The molecule has 0 aliphatic carbocycles. The molecule has 1 aromatic rings. The van der Waals surface area contributed by atoms with Crippen molar-refractivity contribution in [2.24, 2.45) is 5.41 Å². The Balaban J connectivity index is 1.59. The lowest BCUT2D eigenvalue weighted by Gasteiger charge is -2.45. The zero-order valence-electron chi connectivity index (χ0n) is 12.8. The molecule has 2 aliphatic heterocycles. The first-order valence-corrected chi connectivity index (χ1v) is 8.24. The summed E-state index contributed by atoms with van der Waals surface area (Å²) in [5.41, 5.74) is 1.93. The molecule has 0 bridgehead atoms. The van der Waals surface area contributed by atoms with Crippen LogP contribution in [0.15, 0.2) is 12.4 Å². The van der Waals surface area contributed by atoms with Crippen molar-refractivity contribution in [3.63, 3.8) is 0 Å². The highest BCUT2D eigenvalue weighted by atomic mass is 15.3. The molecule has 112 valence electrons. The fraction of sp³-hybridized carbons (Fsp3) is 0.812. The van der Waals surface area contributed by atoms with E-state index in [-0.39, 0.29) is 0 Å². The van der Waals surface area contributed by atoms with Gasteiger partial charge in [-0.1, -0.05) is 6.92 Å². The van der Waals surface area contributed by atoms with Gasteiger partial charge in [-0.3, -0.25) is 9.58 Å². The molecule has 4 nitrogen and oxygen atoms in total. The molecule has 1 aromatic heterocycles. The van der Waals surface area contributed by atoms with E-state index in [4.69, 9.17) is 0 Å². The molecule has 0 aromatic carbocycles. The molecule has 1 spiro atoms. The monoisotopic (exact) mass is 276 g/mol. The van der Waals surface area contributed by atoms with E-state index in [2.05, 4.69) is 39.3 Å². The molecular weight excluding hydrogens is 248 g/mol. The number of aromatic nitrogens is 2. The van der Waals surface area contributed by atoms with Crippen LogP contribution in [0, 0.1) is 5.41 Å². The molecule has 2 saturated heterocycles. The highest BCUT2D eigenvalue weighted by Crippen LogP contribution is 2.36. The average molecular weight is 276 g/mol. The molecule has 0 radical (unpaired) electrons. The Kier molecular flexibility index (Phi) is 4.41. The molecule has 1 N–H and O–H groups in total. The summed E-state index contributed by atoms with van der Waals surface area (Å²) < 4.78 is 2.08. The molecule has 4 heteroatoms. The van der Waals surface area contributed by atoms with Gasteiger partial charge in [0, 0.05) is 37.9 Å². The summed E-state index contributed by atoms with van der Waals surface area (Å²) in [5, 5.41) is 8.06. The molecule has 1 unspecified atom stereocenters. The SMILES string of the molecule is CCCn1cc(CN2CCCC3(CCCNC3)C2)cn1. The van der Waals surface area contributed by atoms with Gasteiger partial charge in [-0.25, -0.2) is 0 Å². The van der Waals surface area contributed by atoms with Crippen LogP contribution >= 0.6 is 0 Å². The second kappa shape index (κ2) is 6.27. The summed E-state index contributed by atoms with van der Waals surface area (Å²) >= 11 is 0. The fourth-order valence-corrected chi connectivity index (χ4v) is 3.92. The molecule has 0 saturated carbocycles. The van der Waals surface area contributed by atoms with Crippen molar-refractivity contribution >= 4 is 0 Å². The highest BCUT2D eigenvalue weighted by molar-refractivity contribution is 5.04. The van der Waals surface area contributed by atoms with Crippen LogP contribution in [-0.2, 0) is 13.1 Å². The molecule has 3 rings (SSSR count). The fourth-order valence-electron chi connectivity index (χ4n) is 3.92. The van der Waals surface area contributed by atoms with E-state index in [1.54, 1.807) is 0 Å². The standard InChI is InChI=1S/C16H28N4/c1-2-8-20-12-15(10-18-20)11-19-9-4-6-16(14-19)5-3-7-17-13-16/h10,12,17H,2-9,11,13-14H2,1H3. The maximum atomic E-state index is 4.45. The van der Waals surface area contributed by atoms with Gasteiger partial charge in [0.2, 0.25) is 0 Å². The van der Waals surface area contributed by atoms with Crippen molar-refractivity contribution in [3.05, 3.63) is 18.0 Å². The Bertz CT molecular complexity index is 414. The number of nitrogens with one attached hydrogen (secondary N) is 1. The van der Waals surface area contributed by atoms with E-state index in [0.29, 0.717) is 5.41 Å². The zero-order valence-corrected chi connectivity index (χ0v) is 12.8. The van der Waals surface area contributed by atoms with E-state index >= 15 is 0 Å². The third kappa shape index (κ3) is 3.23. The van der Waals surface area contributed by atoms with Crippen molar-refractivity contribution in [1.82, 2.24) is 20.0 Å². The lowest BCUT2D eigenvalue weighted by Crippen LogP contribution is -2.50. The maximum absolute atomic E-state index is 4.45. The second-order valence-electron chi connectivity index (χ2n) is 6.71. The summed E-state index contributed by atoms with van der Waals surface area (Å²) in [6.07, 6.45) is 10.9. The third-order valence-corrected chi connectivity index (χ3v) is 4.85. The number of likely N-dealkylation sites (tertiary alicyclic amines) is 1. The Hall–Kier alpha value is -0.870. The lowest BCUT2D eigenvalue weighted by molar-refractivity contribution is 0.0600. The van der Waals surface area contributed by atoms with Crippen molar-refractivity contribution in [2.75, 3.05) is 26.2 Å². The largest absolute Gasteiger partial charge is 0.316 e. The summed E-state index contributed by atoms with van der Waals surface area (Å²) in [5.74, 6) is 0. The molecule has 1 atom stereocenters. The van der Waals surface area contributed by atoms with Gasteiger partial charge in [-0.05, 0) is 50.6 Å². The molecular formula is C16H28N4. The van der Waals surface area contributed by atoms with Gasteiger partial charge in [-0.2, -0.15) is 5.10 Å². The van der Waals surface area contributed by atoms with Gasteiger partial charge in [0.15, 0.2) is 0 Å². The minimum absolute atomic E-state index is 0.552. The first-order chi connectivity index (χ1) is 9.80. The number of nitrogens with zero attached hydrogens (tertiary/aromatic N) is 3. The van der Waals surface area contributed by atoms with Crippen LogP contribution in [0.5, 0.6) is 0 Å². The van der Waals surface area contributed by atoms with E-state index < -0.39 is 0 Å². The summed E-state index contributed by atoms with van der Waals surface area (Å²) in [7, 11) is 0. The van der Waals surface area contributed by atoms with E-state index in [1.165, 1.54) is 57.4 Å². The molecule has 20 heavy (non-hydrogen) atoms. The van der Waals surface area contributed by atoms with Crippen LogP contribution in [0.2, 0.25) is 0 Å². The summed E-state index contributed by atoms with van der Waals surface area (Å²) in [6, 6.07) is 0. The molecule has 2 fully saturated rings. The van der Waals surface area contributed by atoms with E-state index in [9.17, 15) is 0 Å². The minimum atomic E-state index is 0.552. The van der Waals surface area contributed by atoms with Gasteiger partial charge in [0.25, 0.3) is 0 Å².